The van der Waals surface area contributed by atoms with Crippen LogP contribution < -0.4 is 5.32 Å². The second-order valence-corrected chi connectivity index (χ2v) is 9.89. The summed E-state index contributed by atoms with van der Waals surface area (Å²) >= 11 is 0. The molecule has 1 aliphatic carbocycles. The number of benzene rings is 1. The van der Waals surface area contributed by atoms with Gasteiger partial charge in [-0.2, -0.15) is 4.98 Å². The van der Waals surface area contributed by atoms with Crippen LogP contribution in [-0.4, -0.2) is 81.7 Å². The first-order valence-corrected chi connectivity index (χ1v) is 12.5. The van der Waals surface area contributed by atoms with Gasteiger partial charge in [0.1, 0.15) is 5.65 Å². The van der Waals surface area contributed by atoms with Crippen LogP contribution in [-0.2, 0) is 6.54 Å². The number of hydrogen-bond donors (Lipinski definition) is 2. The first kappa shape index (κ1) is 24.1. The molecule has 9 heteroatoms. The average Bonchev–Trinajstić information content (AvgIpc) is 3.24. The van der Waals surface area contributed by atoms with Gasteiger partial charge in [0.25, 0.3) is 6.43 Å². The second kappa shape index (κ2) is 10.6. The monoisotopic (exact) mass is 484 g/mol. The maximum Gasteiger partial charge on any atom is 0.255 e. The summed E-state index contributed by atoms with van der Waals surface area (Å²) in [5.41, 5.74) is 4.16. The Kier molecular flexibility index (Phi) is 7.27. The van der Waals surface area contributed by atoms with Crippen molar-refractivity contribution in [2.24, 2.45) is 0 Å². The molecule has 2 fully saturated rings. The van der Waals surface area contributed by atoms with Crippen LogP contribution in [0.5, 0.6) is 0 Å². The van der Waals surface area contributed by atoms with Gasteiger partial charge in [0.05, 0.1) is 12.6 Å². The van der Waals surface area contributed by atoms with Crippen molar-refractivity contribution in [3.8, 4) is 11.1 Å². The minimum absolute atomic E-state index is 0.210. The zero-order valence-corrected chi connectivity index (χ0v) is 20.2. The molecule has 2 aromatic heterocycles. The van der Waals surface area contributed by atoms with Gasteiger partial charge < -0.3 is 19.9 Å². The summed E-state index contributed by atoms with van der Waals surface area (Å²) in [6.07, 6.45) is 4.35. The molecule has 1 saturated heterocycles. The van der Waals surface area contributed by atoms with Crippen LogP contribution in [0.15, 0.2) is 36.7 Å². The molecule has 2 N–H and O–H groups in total. The molecule has 0 amide bonds. The van der Waals surface area contributed by atoms with E-state index in [1.54, 1.807) is 6.20 Å². The van der Waals surface area contributed by atoms with E-state index in [9.17, 15) is 13.9 Å². The van der Waals surface area contributed by atoms with Crippen molar-refractivity contribution in [1.29, 1.82) is 0 Å². The molecule has 1 aromatic carbocycles. The van der Waals surface area contributed by atoms with Gasteiger partial charge in [-0.15, -0.1) is 0 Å². The Morgan fingerprint density at radius 1 is 1.06 bits per heavy atom. The van der Waals surface area contributed by atoms with Crippen LogP contribution >= 0.6 is 0 Å². The third kappa shape index (κ3) is 5.63. The van der Waals surface area contributed by atoms with Crippen molar-refractivity contribution >= 4 is 17.0 Å². The van der Waals surface area contributed by atoms with Crippen LogP contribution in [0, 0.1) is 0 Å². The van der Waals surface area contributed by atoms with E-state index in [4.69, 9.17) is 0 Å². The number of aromatic nitrogens is 3. The molecule has 0 spiro atoms. The SMILES string of the molecule is CN1CCN(Cc2ccc(-c3cn(C4CCC(O)CC4)c4nc(NCC(F)F)ncc34)cc2)CC1. The van der Waals surface area contributed by atoms with E-state index in [1.165, 1.54) is 5.56 Å². The molecule has 0 radical (unpaired) electrons. The van der Waals surface area contributed by atoms with E-state index >= 15 is 0 Å². The van der Waals surface area contributed by atoms with Crippen molar-refractivity contribution in [1.82, 2.24) is 24.3 Å². The molecule has 0 bridgehead atoms. The molecule has 5 rings (SSSR count). The van der Waals surface area contributed by atoms with Gasteiger partial charge in [-0.1, -0.05) is 24.3 Å². The van der Waals surface area contributed by atoms with Crippen molar-refractivity contribution in [3.63, 3.8) is 0 Å². The third-order valence-electron chi connectivity index (χ3n) is 7.31. The van der Waals surface area contributed by atoms with Crippen LogP contribution in [0.2, 0.25) is 0 Å². The van der Waals surface area contributed by atoms with Crippen molar-refractivity contribution < 1.29 is 13.9 Å². The van der Waals surface area contributed by atoms with Crippen molar-refractivity contribution in [2.45, 2.75) is 50.8 Å². The summed E-state index contributed by atoms with van der Waals surface area (Å²) < 4.78 is 27.6. The Hall–Kier alpha value is -2.62. The van der Waals surface area contributed by atoms with E-state index in [0.29, 0.717) is 0 Å². The molecule has 1 aliphatic heterocycles. The minimum atomic E-state index is -2.47. The summed E-state index contributed by atoms with van der Waals surface area (Å²) in [4.78, 5) is 13.8. The fourth-order valence-corrected chi connectivity index (χ4v) is 5.18. The lowest BCUT2D eigenvalue weighted by atomic mass is 9.93. The Morgan fingerprint density at radius 2 is 1.77 bits per heavy atom. The summed E-state index contributed by atoms with van der Waals surface area (Å²) in [6, 6.07) is 8.89. The quantitative estimate of drug-likeness (QED) is 0.528. The number of aliphatic hydroxyl groups excluding tert-OH is 1. The molecule has 35 heavy (non-hydrogen) atoms. The number of nitrogens with zero attached hydrogens (tertiary/aromatic N) is 5. The number of anilines is 1. The second-order valence-electron chi connectivity index (χ2n) is 9.89. The number of aliphatic hydroxyl groups is 1. The zero-order valence-electron chi connectivity index (χ0n) is 20.2. The number of nitrogens with one attached hydrogen (secondary N) is 1. The first-order chi connectivity index (χ1) is 17.0. The minimum Gasteiger partial charge on any atom is -0.393 e. The number of halogens is 2. The molecule has 0 unspecified atom stereocenters. The number of hydrogen-bond acceptors (Lipinski definition) is 6. The van der Waals surface area contributed by atoms with Crippen LogP contribution in [0.1, 0.15) is 37.3 Å². The molecule has 0 atom stereocenters. The largest absolute Gasteiger partial charge is 0.393 e. The number of alkyl halides is 2. The van der Waals surface area contributed by atoms with E-state index in [-0.39, 0.29) is 18.1 Å². The molecule has 1 saturated carbocycles. The van der Waals surface area contributed by atoms with Gasteiger partial charge in [-0.05, 0) is 43.9 Å². The molecular formula is C26H34F2N6O. The van der Waals surface area contributed by atoms with Gasteiger partial charge in [0.2, 0.25) is 5.95 Å². The lowest BCUT2D eigenvalue weighted by Gasteiger charge is -2.32. The highest BCUT2D eigenvalue weighted by Gasteiger charge is 2.24. The average molecular weight is 485 g/mol. The number of rotatable bonds is 7. The Bertz CT molecular complexity index is 1120. The maximum atomic E-state index is 12.7. The highest BCUT2D eigenvalue weighted by Crippen LogP contribution is 2.36. The highest BCUT2D eigenvalue weighted by molar-refractivity contribution is 5.94. The smallest absolute Gasteiger partial charge is 0.255 e. The molecule has 7 nitrogen and oxygen atoms in total. The van der Waals surface area contributed by atoms with Crippen LogP contribution in [0.3, 0.4) is 0 Å². The number of fused-ring (bicyclic) bond motifs is 1. The molecule has 188 valence electrons. The van der Waals surface area contributed by atoms with Gasteiger partial charge >= 0.3 is 0 Å². The highest BCUT2D eigenvalue weighted by atomic mass is 19.3. The van der Waals surface area contributed by atoms with Crippen LogP contribution in [0.4, 0.5) is 14.7 Å². The predicted molar refractivity (Wildman–Crippen MR) is 134 cm³/mol. The molecule has 2 aliphatic rings. The van der Waals surface area contributed by atoms with E-state index in [2.05, 4.69) is 67.2 Å². The normalized spacial score (nSPS) is 22.2. The van der Waals surface area contributed by atoms with Gasteiger partial charge in [-0.3, -0.25) is 4.90 Å². The van der Waals surface area contributed by atoms with E-state index in [0.717, 1.165) is 80.6 Å². The fourth-order valence-electron chi connectivity index (χ4n) is 5.18. The Labute approximate surface area is 204 Å². The van der Waals surface area contributed by atoms with Gasteiger partial charge in [0.15, 0.2) is 0 Å². The third-order valence-corrected chi connectivity index (χ3v) is 7.31. The Morgan fingerprint density at radius 3 is 2.46 bits per heavy atom. The zero-order chi connectivity index (χ0) is 24.4. The molecule has 3 heterocycles. The topological polar surface area (TPSA) is 69.5 Å². The summed E-state index contributed by atoms with van der Waals surface area (Å²) in [6.45, 7) is 4.84. The maximum absolute atomic E-state index is 12.7. The Balaban J connectivity index is 1.42. The number of likely N-dealkylation sites (N-methyl/N-ethyl adjacent to an activating group) is 1. The van der Waals surface area contributed by atoms with Gasteiger partial charge in [0, 0.05) is 62.1 Å². The van der Waals surface area contributed by atoms with E-state index in [1.807, 2.05) is 0 Å². The lowest BCUT2D eigenvalue weighted by Crippen LogP contribution is -2.43. The molecule has 3 aromatic rings. The van der Waals surface area contributed by atoms with Crippen molar-refractivity contribution in [2.75, 3.05) is 45.1 Å². The van der Waals surface area contributed by atoms with Crippen LogP contribution in [0.25, 0.3) is 22.2 Å². The first-order valence-electron chi connectivity index (χ1n) is 12.5. The van der Waals surface area contributed by atoms with Gasteiger partial charge in [-0.25, -0.2) is 13.8 Å². The van der Waals surface area contributed by atoms with Crippen molar-refractivity contribution in [3.05, 3.63) is 42.2 Å². The lowest BCUT2D eigenvalue weighted by molar-refractivity contribution is 0.111. The summed E-state index contributed by atoms with van der Waals surface area (Å²) in [5.74, 6) is 0.210. The molecular weight excluding hydrogens is 450 g/mol. The summed E-state index contributed by atoms with van der Waals surface area (Å²) in [5, 5.41) is 13.5. The standard InChI is InChI=1S/C26H34F2N6O/c1-32-10-12-33(13-11-32)16-18-2-4-19(5-3-18)23-17-34(20-6-8-21(35)9-7-20)25-22(23)14-29-26(31-25)30-15-24(27)28/h2-5,14,17,20-21,24,35H,6-13,15-16H2,1H3,(H,29,30,31). The van der Waals surface area contributed by atoms with E-state index < -0.39 is 13.0 Å². The number of piperazine rings is 1. The summed E-state index contributed by atoms with van der Waals surface area (Å²) in [7, 11) is 2.17. The fraction of sp³-hybridized carbons (Fsp3) is 0.538. The predicted octanol–water partition coefficient (Wildman–Crippen LogP) is 4.00.